The first-order valence-corrected chi connectivity index (χ1v) is 11.8. The van der Waals surface area contributed by atoms with Crippen LogP contribution in [0.3, 0.4) is 0 Å². The topological polar surface area (TPSA) is 110 Å². The Bertz CT molecular complexity index is 998. The number of hydrogen-bond donors (Lipinski definition) is 2. The van der Waals surface area contributed by atoms with Crippen LogP contribution in [0.2, 0.25) is 0 Å². The average Bonchev–Trinajstić information content (AvgIpc) is 3.13. The second-order valence-corrected chi connectivity index (χ2v) is 9.84. The summed E-state index contributed by atoms with van der Waals surface area (Å²) in [5.41, 5.74) is 1.06. The van der Waals surface area contributed by atoms with Crippen LogP contribution < -0.4 is 14.8 Å². The van der Waals surface area contributed by atoms with Gasteiger partial charge in [-0.3, -0.25) is 15.0 Å². The van der Waals surface area contributed by atoms with Gasteiger partial charge in [0.15, 0.2) is 5.13 Å². The van der Waals surface area contributed by atoms with Crippen molar-refractivity contribution in [3.05, 3.63) is 34.8 Å². The van der Waals surface area contributed by atoms with Gasteiger partial charge in [0.2, 0.25) is 10.0 Å². The number of morpholine rings is 1. The van der Waals surface area contributed by atoms with Crippen molar-refractivity contribution in [1.82, 2.24) is 14.6 Å². The predicted octanol–water partition coefficient (Wildman–Crippen LogP) is 1.92. The predicted molar refractivity (Wildman–Crippen MR) is 115 cm³/mol. The quantitative estimate of drug-likeness (QED) is 0.658. The van der Waals surface area contributed by atoms with Crippen molar-refractivity contribution < 1.29 is 22.7 Å². The number of amides is 1. The first-order chi connectivity index (χ1) is 14.2. The second-order valence-electron chi connectivity index (χ2n) is 7.12. The molecule has 30 heavy (non-hydrogen) atoms. The second kappa shape index (κ2) is 9.40. The van der Waals surface area contributed by atoms with Crippen LogP contribution in [0.4, 0.5) is 5.13 Å². The molecule has 1 aromatic carbocycles. The largest absolute Gasteiger partial charge is 0.495 e. The molecule has 2 aromatic rings. The number of carbonyl (C=O) groups excluding carboxylic acids is 1. The van der Waals surface area contributed by atoms with E-state index in [4.69, 9.17) is 9.47 Å². The third kappa shape index (κ3) is 5.35. The maximum absolute atomic E-state index is 12.6. The van der Waals surface area contributed by atoms with Crippen molar-refractivity contribution in [2.75, 3.05) is 32.6 Å². The molecule has 0 spiro atoms. The molecular weight excluding hydrogens is 428 g/mol. The zero-order valence-corrected chi connectivity index (χ0v) is 19.0. The zero-order chi connectivity index (χ0) is 21.9. The van der Waals surface area contributed by atoms with Gasteiger partial charge in [0.1, 0.15) is 10.6 Å². The lowest BCUT2D eigenvalue weighted by molar-refractivity contribution is -0.0707. The molecule has 2 unspecified atom stereocenters. The number of benzene rings is 1. The molecular formula is C19H26N4O5S2. The molecule has 1 amide bonds. The first kappa shape index (κ1) is 22.6. The molecule has 0 saturated carbocycles. The molecule has 1 fully saturated rings. The Hall–Kier alpha value is -2.05. The van der Waals surface area contributed by atoms with E-state index in [9.17, 15) is 13.2 Å². The number of ether oxygens (including phenoxy) is 2. The van der Waals surface area contributed by atoms with Crippen LogP contribution in [0.15, 0.2) is 28.5 Å². The van der Waals surface area contributed by atoms with Gasteiger partial charge in [0.05, 0.1) is 25.0 Å². The van der Waals surface area contributed by atoms with E-state index in [1.54, 1.807) is 0 Å². The molecule has 11 heteroatoms. The van der Waals surface area contributed by atoms with E-state index in [0.29, 0.717) is 11.7 Å². The lowest BCUT2D eigenvalue weighted by atomic mass is 10.2. The number of anilines is 1. The van der Waals surface area contributed by atoms with E-state index >= 15 is 0 Å². The summed E-state index contributed by atoms with van der Waals surface area (Å²) in [6, 6.07) is 4.24. The lowest BCUT2D eigenvalue weighted by Gasteiger charge is -2.34. The molecule has 0 radical (unpaired) electrons. The van der Waals surface area contributed by atoms with Gasteiger partial charge < -0.3 is 9.47 Å². The van der Waals surface area contributed by atoms with Crippen LogP contribution in [0.25, 0.3) is 0 Å². The van der Waals surface area contributed by atoms with Crippen molar-refractivity contribution in [2.24, 2.45) is 0 Å². The van der Waals surface area contributed by atoms with Gasteiger partial charge >= 0.3 is 0 Å². The van der Waals surface area contributed by atoms with Crippen molar-refractivity contribution in [2.45, 2.75) is 37.5 Å². The molecule has 3 rings (SSSR count). The number of methoxy groups -OCH3 is 1. The molecule has 2 atom stereocenters. The standard InChI is InChI=1S/C19H26N4O5S2/c1-12-8-23(9-13(2)28-12)10-15-11-29-19(21-15)22-18(24)14-5-6-16(27-4)17(7-14)30(25,26)20-3/h5-7,11-13,20H,8-10H2,1-4H3,(H,21,22,24). The van der Waals surface area contributed by atoms with E-state index in [0.717, 1.165) is 18.8 Å². The van der Waals surface area contributed by atoms with Crippen LogP contribution >= 0.6 is 11.3 Å². The van der Waals surface area contributed by atoms with E-state index in [1.807, 2.05) is 19.2 Å². The molecule has 9 nitrogen and oxygen atoms in total. The van der Waals surface area contributed by atoms with Crippen LogP contribution in [0.5, 0.6) is 5.75 Å². The summed E-state index contributed by atoms with van der Waals surface area (Å²) in [6.07, 6.45) is 0.342. The smallest absolute Gasteiger partial charge is 0.257 e. The molecule has 164 valence electrons. The van der Waals surface area contributed by atoms with Gasteiger partial charge in [-0.25, -0.2) is 18.1 Å². The Balaban J connectivity index is 1.70. The Morgan fingerprint density at radius 1 is 1.33 bits per heavy atom. The maximum atomic E-state index is 12.6. The van der Waals surface area contributed by atoms with Gasteiger partial charge in [-0.05, 0) is 39.1 Å². The number of aromatic nitrogens is 1. The molecule has 1 aromatic heterocycles. The minimum absolute atomic E-state index is 0.101. The molecule has 0 bridgehead atoms. The summed E-state index contributed by atoms with van der Waals surface area (Å²) in [7, 11) is -1.10. The summed E-state index contributed by atoms with van der Waals surface area (Å²) >= 11 is 1.33. The van der Waals surface area contributed by atoms with Gasteiger partial charge in [-0.15, -0.1) is 11.3 Å². The lowest BCUT2D eigenvalue weighted by Crippen LogP contribution is -2.44. The summed E-state index contributed by atoms with van der Waals surface area (Å²) in [6.45, 7) is 6.44. The Kier molecular flexibility index (Phi) is 7.09. The number of thiazole rings is 1. The minimum atomic E-state index is -3.77. The van der Waals surface area contributed by atoms with E-state index in [-0.39, 0.29) is 28.4 Å². The van der Waals surface area contributed by atoms with Gasteiger partial charge in [0.25, 0.3) is 5.91 Å². The van der Waals surface area contributed by atoms with E-state index in [1.165, 1.54) is 43.7 Å². The summed E-state index contributed by atoms with van der Waals surface area (Å²) < 4.78 is 37.5. The summed E-state index contributed by atoms with van der Waals surface area (Å²) in [4.78, 5) is 19.3. The van der Waals surface area contributed by atoms with Crippen molar-refractivity contribution in [3.8, 4) is 5.75 Å². The molecule has 0 aliphatic carbocycles. The maximum Gasteiger partial charge on any atom is 0.257 e. The molecule has 2 heterocycles. The Morgan fingerprint density at radius 2 is 2.03 bits per heavy atom. The number of carbonyl (C=O) groups is 1. The first-order valence-electron chi connectivity index (χ1n) is 9.47. The number of sulfonamides is 1. The highest BCUT2D eigenvalue weighted by Crippen LogP contribution is 2.26. The summed E-state index contributed by atoms with van der Waals surface area (Å²) in [5.74, 6) is -0.286. The average molecular weight is 455 g/mol. The third-order valence-electron chi connectivity index (χ3n) is 4.64. The monoisotopic (exact) mass is 454 g/mol. The number of rotatable bonds is 7. The van der Waals surface area contributed by atoms with E-state index < -0.39 is 15.9 Å². The highest BCUT2D eigenvalue weighted by Gasteiger charge is 2.23. The molecule has 1 aliphatic heterocycles. The Labute approximate surface area is 180 Å². The van der Waals surface area contributed by atoms with Crippen LogP contribution in [-0.2, 0) is 21.3 Å². The number of hydrogen-bond acceptors (Lipinski definition) is 8. The van der Waals surface area contributed by atoms with Gasteiger partial charge in [-0.2, -0.15) is 0 Å². The fourth-order valence-electron chi connectivity index (χ4n) is 3.39. The SMILES string of the molecule is CNS(=O)(=O)c1cc(C(=O)Nc2nc(CN3CC(C)OC(C)C3)cs2)ccc1OC. The van der Waals surface area contributed by atoms with Crippen LogP contribution in [-0.4, -0.2) is 63.7 Å². The fraction of sp³-hybridized carbons (Fsp3) is 0.474. The molecule has 1 aliphatic rings. The number of nitrogens with zero attached hydrogens (tertiary/aromatic N) is 2. The molecule has 1 saturated heterocycles. The fourth-order valence-corrected chi connectivity index (χ4v) is 5.00. The van der Waals surface area contributed by atoms with Crippen molar-refractivity contribution >= 4 is 32.4 Å². The van der Waals surface area contributed by atoms with E-state index in [2.05, 4.69) is 19.9 Å². The van der Waals surface area contributed by atoms with Crippen LogP contribution in [0.1, 0.15) is 29.9 Å². The highest BCUT2D eigenvalue weighted by atomic mass is 32.2. The third-order valence-corrected chi connectivity index (χ3v) is 6.88. The van der Waals surface area contributed by atoms with Gasteiger partial charge in [-0.1, -0.05) is 0 Å². The highest BCUT2D eigenvalue weighted by molar-refractivity contribution is 7.89. The van der Waals surface area contributed by atoms with Gasteiger partial charge in [0, 0.05) is 30.6 Å². The normalized spacial score (nSPS) is 20.1. The van der Waals surface area contributed by atoms with Crippen molar-refractivity contribution in [1.29, 1.82) is 0 Å². The zero-order valence-electron chi connectivity index (χ0n) is 17.3. The Morgan fingerprint density at radius 3 is 2.67 bits per heavy atom. The summed E-state index contributed by atoms with van der Waals surface area (Å²) in [5, 5.41) is 5.10. The van der Waals surface area contributed by atoms with Crippen LogP contribution in [0, 0.1) is 0 Å². The van der Waals surface area contributed by atoms with Crippen molar-refractivity contribution in [3.63, 3.8) is 0 Å². The minimum Gasteiger partial charge on any atom is -0.495 e. The molecule has 2 N–H and O–H groups in total. The number of nitrogens with one attached hydrogen (secondary N) is 2.